The number of hydrogen-bond acceptors (Lipinski definition) is 4. The average molecular weight is 179 g/mol. The molecular weight excluding hydrogens is 166 g/mol. The van der Waals surface area contributed by atoms with Crippen LogP contribution < -0.4 is 5.73 Å². The monoisotopic (exact) mass is 179 g/mol. The van der Waals surface area contributed by atoms with Crippen LogP contribution in [0.4, 0.5) is 0 Å². The molecule has 1 heterocycles. The second kappa shape index (κ2) is 2.29. The smallest absolute Gasteiger partial charge is 0.182 e. The topological polar surface area (TPSA) is 80.5 Å². The van der Waals surface area contributed by atoms with Crippen molar-refractivity contribution in [2.45, 2.75) is 24.7 Å². The third kappa shape index (κ3) is 0.934. The number of hydrogen-bond donors (Lipinski definition) is 2. The van der Waals surface area contributed by atoms with Gasteiger partial charge in [0.1, 0.15) is 0 Å². The van der Waals surface area contributed by atoms with Crippen LogP contribution in [-0.2, 0) is 5.41 Å². The summed E-state index contributed by atoms with van der Waals surface area (Å²) in [7, 11) is 0. The summed E-state index contributed by atoms with van der Waals surface area (Å²) in [4.78, 5) is 0. The molecule has 0 aromatic carbocycles. The minimum absolute atomic E-state index is 0.0775. The largest absolute Gasteiger partial charge is 0.329 e. The van der Waals surface area contributed by atoms with Gasteiger partial charge in [-0.05, 0) is 31.1 Å². The first-order valence-electron chi connectivity index (χ1n) is 4.81. The van der Waals surface area contributed by atoms with Gasteiger partial charge in [0.15, 0.2) is 5.82 Å². The van der Waals surface area contributed by atoms with Crippen LogP contribution in [0.2, 0.25) is 0 Å². The number of aromatic nitrogens is 4. The van der Waals surface area contributed by atoms with Crippen LogP contribution in [-0.4, -0.2) is 27.2 Å². The zero-order valence-electron chi connectivity index (χ0n) is 7.40. The fourth-order valence-corrected chi connectivity index (χ4v) is 2.41. The van der Waals surface area contributed by atoms with Crippen LogP contribution in [0.5, 0.6) is 0 Å². The second-order valence-corrected chi connectivity index (χ2v) is 4.24. The molecule has 70 valence electrons. The van der Waals surface area contributed by atoms with Crippen LogP contribution in [0.25, 0.3) is 0 Å². The molecule has 0 spiro atoms. The third-order valence-corrected chi connectivity index (χ3v) is 3.48. The van der Waals surface area contributed by atoms with Crippen molar-refractivity contribution in [2.75, 3.05) is 6.54 Å². The molecule has 2 aliphatic rings. The number of nitrogens with two attached hydrogens (primary N) is 1. The van der Waals surface area contributed by atoms with E-state index in [0.717, 1.165) is 24.1 Å². The zero-order valence-corrected chi connectivity index (χ0v) is 7.40. The molecule has 2 saturated carbocycles. The van der Waals surface area contributed by atoms with E-state index in [1.54, 1.807) is 0 Å². The van der Waals surface area contributed by atoms with Gasteiger partial charge in [0.2, 0.25) is 0 Å². The molecule has 2 atom stereocenters. The third-order valence-electron chi connectivity index (χ3n) is 3.48. The molecule has 1 aromatic rings. The predicted molar refractivity (Wildman–Crippen MR) is 45.7 cm³/mol. The number of rotatable bonds is 3. The highest BCUT2D eigenvalue weighted by atomic mass is 15.5. The van der Waals surface area contributed by atoms with E-state index in [-0.39, 0.29) is 5.41 Å². The van der Waals surface area contributed by atoms with Crippen LogP contribution in [0.15, 0.2) is 0 Å². The Hall–Kier alpha value is -0.970. The van der Waals surface area contributed by atoms with Gasteiger partial charge in [-0.2, -0.15) is 5.21 Å². The second-order valence-electron chi connectivity index (χ2n) is 4.24. The summed E-state index contributed by atoms with van der Waals surface area (Å²) in [5, 5.41) is 14.2. The minimum atomic E-state index is 0.0775. The Labute approximate surface area is 76.1 Å². The zero-order chi connectivity index (χ0) is 8.89. The van der Waals surface area contributed by atoms with Crippen LogP contribution in [0.1, 0.15) is 25.1 Å². The maximum atomic E-state index is 5.79. The maximum absolute atomic E-state index is 5.79. The first kappa shape index (κ1) is 7.44. The van der Waals surface area contributed by atoms with Gasteiger partial charge in [0, 0.05) is 12.0 Å². The first-order valence-corrected chi connectivity index (χ1v) is 4.81. The molecular formula is C8H13N5. The lowest BCUT2D eigenvalue weighted by Gasteiger charge is -2.08. The predicted octanol–water partition coefficient (Wildman–Crippen LogP) is -0.174. The van der Waals surface area contributed by atoms with E-state index in [4.69, 9.17) is 5.73 Å². The normalized spacial score (nSPS) is 37.8. The van der Waals surface area contributed by atoms with Gasteiger partial charge in [-0.3, -0.25) is 0 Å². The SMILES string of the molecule is NCC1(c2nn[nH]n2)CC1C1CC1. The fraction of sp³-hybridized carbons (Fsp3) is 0.875. The number of nitrogens with zero attached hydrogens (tertiary/aromatic N) is 3. The van der Waals surface area contributed by atoms with Gasteiger partial charge >= 0.3 is 0 Å². The molecule has 5 heteroatoms. The molecule has 1 aromatic heterocycles. The van der Waals surface area contributed by atoms with Gasteiger partial charge in [0.25, 0.3) is 0 Å². The summed E-state index contributed by atoms with van der Waals surface area (Å²) in [5.74, 6) is 2.45. The molecule has 2 aliphatic carbocycles. The fourth-order valence-electron chi connectivity index (χ4n) is 2.41. The number of tetrazole rings is 1. The Morgan fingerprint density at radius 1 is 1.54 bits per heavy atom. The molecule has 5 nitrogen and oxygen atoms in total. The van der Waals surface area contributed by atoms with Crippen molar-refractivity contribution >= 4 is 0 Å². The van der Waals surface area contributed by atoms with E-state index < -0.39 is 0 Å². The minimum Gasteiger partial charge on any atom is -0.329 e. The first-order chi connectivity index (χ1) is 6.37. The molecule has 0 aliphatic heterocycles. The molecule has 13 heavy (non-hydrogen) atoms. The van der Waals surface area contributed by atoms with Crippen molar-refractivity contribution in [1.82, 2.24) is 20.6 Å². The van der Waals surface area contributed by atoms with Crippen molar-refractivity contribution in [1.29, 1.82) is 0 Å². The summed E-state index contributed by atoms with van der Waals surface area (Å²) in [5.41, 5.74) is 5.87. The highest BCUT2D eigenvalue weighted by molar-refractivity contribution is 5.24. The summed E-state index contributed by atoms with van der Waals surface area (Å²) in [6, 6.07) is 0. The lowest BCUT2D eigenvalue weighted by Crippen LogP contribution is -2.24. The van der Waals surface area contributed by atoms with Crippen molar-refractivity contribution in [3.63, 3.8) is 0 Å². The van der Waals surface area contributed by atoms with Crippen LogP contribution in [0.3, 0.4) is 0 Å². The van der Waals surface area contributed by atoms with Gasteiger partial charge in [-0.1, -0.05) is 5.21 Å². The summed E-state index contributed by atoms with van der Waals surface area (Å²) in [6.45, 7) is 0.660. The standard InChI is InChI=1S/C8H13N5/c9-4-8(7-10-12-13-11-7)3-6(8)5-1-2-5/h5-6H,1-4,9H2,(H,10,11,12,13). The van der Waals surface area contributed by atoms with Gasteiger partial charge in [-0.25, -0.2) is 0 Å². The van der Waals surface area contributed by atoms with Gasteiger partial charge in [0.05, 0.1) is 0 Å². The van der Waals surface area contributed by atoms with E-state index in [9.17, 15) is 0 Å². The number of H-pyrrole nitrogens is 1. The Balaban J connectivity index is 1.87. The lowest BCUT2D eigenvalue weighted by molar-refractivity contribution is 0.538. The summed E-state index contributed by atoms with van der Waals surface area (Å²) in [6.07, 6.45) is 3.89. The summed E-state index contributed by atoms with van der Waals surface area (Å²) >= 11 is 0. The molecule has 3 rings (SSSR count). The van der Waals surface area contributed by atoms with E-state index in [1.165, 1.54) is 12.8 Å². The molecule has 2 fully saturated rings. The van der Waals surface area contributed by atoms with E-state index in [2.05, 4.69) is 20.6 Å². The molecule has 3 N–H and O–H groups in total. The molecule has 0 saturated heterocycles. The number of nitrogens with one attached hydrogen (secondary N) is 1. The maximum Gasteiger partial charge on any atom is 0.182 e. The number of aromatic amines is 1. The van der Waals surface area contributed by atoms with Crippen molar-refractivity contribution in [2.24, 2.45) is 17.6 Å². The van der Waals surface area contributed by atoms with E-state index in [1.807, 2.05) is 0 Å². The van der Waals surface area contributed by atoms with Gasteiger partial charge in [-0.15, -0.1) is 10.2 Å². The average Bonchev–Trinajstić information content (AvgIpc) is 3.04. The van der Waals surface area contributed by atoms with Crippen LogP contribution >= 0.6 is 0 Å². The lowest BCUT2D eigenvalue weighted by atomic mass is 10.0. The molecule has 0 radical (unpaired) electrons. The molecule has 0 bridgehead atoms. The van der Waals surface area contributed by atoms with Gasteiger partial charge < -0.3 is 5.73 Å². The van der Waals surface area contributed by atoms with Crippen molar-refractivity contribution < 1.29 is 0 Å². The Morgan fingerprint density at radius 2 is 2.38 bits per heavy atom. The Morgan fingerprint density at radius 3 is 2.92 bits per heavy atom. The molecule has 2 unspecified atom stereocenters. The quantitative estimate of drug-likeness (QED) is 0.674. The highest BCUT2D eigenvalue weighted by Crippen LogP contribution is 2.62. The Bertz CT molecular complexity index is 304. The van der Waals surface area contributed by atoms with Crippen LogP contribution in [0, 0.1) is 11.8 Å². The van der Waals surface area contributed by atoms with Crippen molar-refractivity contribution in [3.8, 4) is 0 Å². The van der Waals surface area contributed by atoms with Crippen molar-refractivity contribution in [3.05, 3.63) is 5.82 Å². The Kier molecular flexibility index (Phi) is 1.31. The van der Waals surface area contributed by atoms with E-state index >= 15 is 0 Å². The van der Waals surface area contributed by atoms with E-state index in [0.29, 0.717) is 6.54 Å². The molecule has 0 amide bonds. The summed E-state index contributed by atoms with van der Waals surface area (Å²) < 4.78 is 0. The highest BCUT2D eigenvalue weighted by Gasteiger charge is 2.62.